The number of nitro benzene ring substituents is 1. The topological polar surface area (TPSA) is 91.6 Å². The van der Waals surface area contributed by atoms with Crippen LogP contribution in [0.3, 0.4) is 0 Å². The van der Waals surface area contributed by atoms with Gasteiger partial charge in [0.05, 0.1) is 29.2 Å². The number of nitro groups is 1. The number of benzene rings is 1. The first-order valence-electron chi connectivity index (χ1n) is 6.37. The van der Waals surface area contributed by atoms with Gasteiger partial charge in [-0.05, 0) is 13.0 Å². The van der Waals surface area contributed by atoms with Crippen molar-refractivity contribution < 1.29 is 19.2 Å². The van der Waals surface area contributed by atoms with Crippen LogP contribution >= 0.6 is 11.3 Å². The van der Waals surface area contributed by atoms with Gasteiger partial charge in [0.1, 0.15) is 12.4 Å². The van der Waals surface area contributed by atoms with Crippen LogP contribution in [0.15, 0.2) is 23.6 Å². The van der Waals surface area contributed by atoms with Gasteiger partial charge < -0.3 is 9.47 Å². The maximum Gasteiger partial charge on any atom is 0.312 e. The van der Waals surface area contributed by atoms with Crippen LogP contribution in [0.1, 0.15) is 16.3 Å². The fraction of sp³-hybridized carbons (Fsp3) is 0.286. The minimum absolute atomic E-state index is 0.0710. The van der Waals surface area contributed by atoms with Crippen molar-refractivity contribution in [2.24, 2.45) is 0 Å². The highest BCUT2D eigenvalue weighted by molar-refractivity contribution is 7.09. The third kappa shape index (κ3) is 4.01. The monoisotopic (exact) mass is 322 g/mol. The third-order valence-corrected chi connectivity index (χ3v) is 3.68. The maximum atomic E-state index is 11.8. The Morgan fingerprint density at radius 3 is 2.82 bits per heavy atom. The average molecular weight is 322 g/mol. The Kier molecular flexibility index (Phi) is 5.05. The second-order valence-corrected chi connectivity index (χ2v) is 5.51. The normalized spacial score (nSPS) is 10.3. The van der Waals surface area contributed by atoms with E-state index in [1.54, 1.807) is 5.38 Å². The quantitative estimate of drug-likeness (QED) is 0.461. The predicted octanol–water partition coefficient (Wildman–Crippen LogP) is 2.65. The largest absolute Gasteiger partial charge is 0.496 e. The zero-order valence-electron chi connectivity index (χ0n) is 12.1. The van der Waals surface area contributed by atoms with Crippen LogP contribution in [0.25, 0.3) is 0 Å². The predicted molar refractivity (Wildman–Crippen MR) is 80.0 cm³/mol. The maximum absolute atomic E-state index is 11.8. The van der Waals surface area contributed by atoms with Crippen LogP contribution in [0.4, 0.5) is 5.69 Å². The highest BCUT2D eigenvalue weighted by Gasteiger charge is 2.14. The first-order chi connectivity index (χ1) is 10.5. The summed E-state index contributed by atoms with van der Waals surface area (Å²) in [6.07, 6.45) is 0.0710. The van der Waals surface area contributed by atoms with E-state index in [4.69, 9.17) is 9.47 Å². The van der Waals surface area contributed by atoms with Gasteiger partial charge in [0.2, 0.25) is 0 Å². The molecule has 2 rings (SSSR count). The van der Waals surface area contributed by atoms with Crippen molar-refractivity contribution in [2.45, 2.75) is 20.0 Å². The summed E-state index contributed by atoms with van der Waals surface area (Å²) < 4.78 is 10.3. The molecule has 2 aromatic rings. The molecule has 7 nitrogen and oxygen atoms in total. The van der Waals surface area contributed by atoms with Crippen LogP contribution in [-0.4, -0.2) is 23.0 Å². The molecule has 0 aliphatic heterocycles. The van der Waals surface area contributed by atoms with Gasteiger partial charge in [0.15, 0.2) is 0 Å². The summed E-state index contributed by atoms with van der Waals surface area (Å²) in [4.78, 5) is 26.2. The standard InChI is InChI=1S/C14H14N2O5S/c1-9-15-11(8-22-9)6-14(17)21-7-10-5-12(16(18)19)3-4-13(10)20-2/h3-5,8H,6-7H2,1-2H3. The van der Waals surface area contributed by atoms with Crippen molar-refractivity contribution in [1.29, 1.82) is 0 Å². The molecule has 1 aromatic heterocycles. The Labute approximate surface area is 130 Å². The van der Waals surface area contributed by atoms with Crippen LogP contribution in [0.5, 0.6) is 5.75 Å². The molecule has 8 heteroatoms. The van der Waals surface area contributed by atoms with E-state index in [1.807, 2.05) is 6.92 Å². The Balaban J connectivity index is 2.02. The molecular weight excluding hydrogens is 308 g/mol. The molecule has 0 spiro atoms. The number of carbonyl (C=O) groups excluding carboxylic acids is 1. The number of esters is 1. The summed E-state index contributed by atoms with van der Waals surface area (Å²) >= 11 is 1.46. The molecule has 0 atom stereocenters. The molecule has 22 heavy (non-hydrogen) atoms. The van der Waals surface area contributed by atoms with Crippen LogP contribution < -0.4 is 4.74 Å². The van der Waals surface area contributed by atoms with E-state index in [-0.39, 0.29) is 18.7 Å². The molecule has 0 amide bonds. The molecule has 0 bridgehead atoms. The number of methoxy groups -OCH3 is 1. The number of aromatic nitrogens is 1. The van der Waals surface area contributed by atoms with Gasteiger partial charge in [-0.1, -0.05) is 0 Å². The van der Waals surface area contributed by atoms with E-state index < -0.39 is 10.9 Å². The van der Waals surface area contributed by atoms with Crippen LogP contribution in [0, 0.1) is 17.0 Å². The van der Waals surface area contributed by atoms with Crippen LogP contribution in [0.2, 0.25) is 0 Å². The highest BCUT2D eigenvalue weighted by atomic mass is 32.1. The number of hydrogen-bond donors (Lipinski definition) is 0. The van der Waals surface area contributed by atoms with E-state index in [1.165, 1.54) is 36.6 Å². The smallest absolute Gasteiger partial charge is 0.312 e. The summed E-state index contributed by atoms with van der Waals surface area (Å²) in [5.41, 5.74) is 1.01. The van der Waals surface area contributed by atoms with Crippen molar-refractivity contribution in [3.05, 3.63) is 50.0 Å². The van der Waals surface area contributed by atoms with E-state index >= 15 is 0 Å². The van der Waals surface area contributed by atoms with Gasteiger partial charge in [0, 0.05) is 23.1 Å². The first kappa shape index (κ1) is 15.9. The lowest BCUT2D eigenvalue weighted by molar-refractivity contribution is -0.385. The van der Waals surface area contributed by atoms with Gasteiger partial charge in [-0.2, -0.15) is 0 Å². The van der Waals surface area contributed by atoms with Crippen molar-refractivity contribution in [2.75, 3.05) is 7.11 Å². The minimum Gasteiger partial charge on any atom is -0.496 e. The molecular formula is C14H14N2O5S. The average Bonchev–Trinajstić information content (AvgIpc) is 2.89. The molecule has 1 aromatic carbocycles. The summed E-state index contributed by atoms with van der Waals surface area (Å²) in [7, 11) is 1.45. The number of ether oxygens (including phenoxy) is 2. The molecule has 0 aliphatic rings. The number of carbonyl (C=O) groups is 1. The van der Waals surface area contributed by atoms with E-state index in [0.29, 0.717) is 17.0 Å². The number of non-ortho nitro benzene ring substituents is 1. The molecule has 0 aliphatic carbocycles. The third-order valence-electron chi connectivity index (χ3n) is 2.86. The van der Waals surface area contributed by atoms with Gasteiger partial charge in [-0.3, -0.25) is 14.9 Å². The lowest BCUT2D eigenvalue weighted by Crippen LogP contribution is -2.09. The fourth-order valence-electron chi connectivity index (χ4n) is 1.84. The van der Waals surface area contributed by atoms with Crippen molar-refractivity contribution >= 4 is 23.0 Å². The molecule has 0 saturated carbocycles. The van der Waals surface area contributed by atoms with Gasteiger partial charge in [-0.15, -0.1) is 11.3 Å². The van der Waals surface area contributed by atoms with Gasteiger partial charge in [-0.25, -0.2) is 4.98 Å². The van der Waals surface area contributed by atoms with Gasteiger partial charge in [0.25, 0.3) is 5.69 Å². The Hall–Kier alpha value is -2.48. The number of thiazole rings is 1. The summed E-state index contributed by atoms with van der Waals surface area (Å²) in [5, 5.41) is 13.5. The number of hydrogen-bond acceptors (Lipinski definition) is 7. The first-order valence-corrected chi connectivity index (χ1v) is 7.25. The summed E-state index contributed by atoms with van der Waals surface area (Å²) in [6.45, 7) is 1.76. The molecule has 0 radical (unpaired) electrons. The van der Waals surface area contributed by atoms with Crippen molar-refractivity contribution in [3.8, 4) is 5.75 Å². The zero-order chi connectivity index (χ0) is 16.1. The molecule has 0 N–H and O–H groups in total. The SMILES string of the molecule is COc1ccc([N+](=O)[O-])cc1COC(=O)Cc1csc(C)n1. The summed E-state index contributed by atoms with van der Waals surface area (Å²) in [5.74, 6) is -0.0123. The van der Waals surface area contributed by atoms with E-state index in [2.05, 4.69) is 4.98 Å². The minimum atomic E-state index is -0.511. The molecule has 0 saturated heterocycles. The number of aryl methyl sites for hydroxylation is 1. The van der Waals surface area contributed by atoms with Crippen molar-refractivity contribution in [1.82, 2.24) is 4.98 Å². The molecule has 0 fully saturated rings. The lowest BCUT2D eigenvalue weighted by Gasteiger charge is -2.09. The fourth-order valence-corrected chi connectivity index (χ4v) is 2.45. The van der Waals surface area contributed by atoms with E-state index in [9.17, 15) is 14.9 Å². The molecule has 1 heterocycles. The number of nitrogens with zero attached hydrogens (tertiary/aromatic N) is 2. The Bertz CT molecular complexity index is 698. The molecule has 0 unspecified atom stereocenters. The molecule has 116 valence electrons. The second-order valence-electron chi connectivity index (χ2n) is 4.45. The van der Waals surface area contributed by atoms with Crippen LogP contribution in [-0.2, 0) is 22.6 Å². The van der Waals surface area contributed by atoms with Crippen molar-refractivity contribution in [3.63, 3.8) is 0 Å². The van der Waals surface area contributed by atoms with E-state index in [0.717, 1.165) is 5.01 Å². The second kappa shape index (κ2) is 6.99. The van der Waals surface area contributed by atoms with Gasteiger partial charge >= 0.3 is 5.97 Å². The number of rotatable bonds is 6. The summed E-state index contributed by atoms with van der Waals surface area (Å²) in [6, 6.07) is 4.15. The highest BCUT2D eigenvalue weighted by Crippen LogP contribution is 2.24. The zero-order valence-corrected chi connectivity index (χ0v) is 12.9. The Morgan fingerprint density at radius 2 is 2.23 bits per heavy atom. The Morgan fingerprint density at radius 1 is 1.45 bits per heavy atom. The lowest BCUT2D eigenvalue weighted by atomic mass is 10.2.